The second-order valence-corrected chi connectivity index (χ2v) is 2.85. The molecule has 0 heterocycles. The van der Waals surface area contributed by atoms with Crippen LogP contribution in [0.1, 0.15) is 5.56 Å². The summed E-state index contributed by atoms with van der Waals surface area (Å²) < 4.78 is 0. The molecule has 0 fully saturated rings. The van der Waals surface area contributed by atoms with Crippen LogP contribution in [0.2, 0.25) is 0 Å². The lowest BCUT2D eigenvalue weighted by atomic mass is 10.2. The van der Waals surface area contributed by atoms with E-state index in [9.17, 15) is 0 Å². The summed E-state index contributed by atoms with van der Waals surface area (Å²) in [5.74, 6) is 2.77. The van der Waals surface area contributed by atoms with Gasteiger partial charge in [0.15, 0.2) is 0 Å². The van der Waals surface area contributed by atoms with Gasteiger partial charge >= 0.3 is 0 Å². The van der Waals surface area contributed by atoms with E-state index >= 15 is 0 Å². The summed E-state index contributed by atoms with van der Waals surface area (Å²) in [6.07, 6.45) is 0. The van der Waals surface area contributed by atoms with Gasteiger partial charge in [-0.1, -0.05) is 0 Å². The highest BCUT2D eigenvalue weighted by Crippen LogP contribution is 2.11. The molecule has 12 heavy (non-hydrogen) atoms. The Balaban J connectivity index is 2.90. The lowest BCUT2D eigenvalue weighted by Crippen LogP contribution is -2.07. The van der Waals surface area contributed by atoms with Gasteiger partial charge in [-0.2, -0.15) is 0 Å². The van der Waals surface area contributed by atoms with Gasteiger partial charge in [0.05, 0.1) is 0 Å². The second kappa shape index (κ2) is 4.04. The molecule has 1 rings (SSSR count). The molecule has 0 aliphatic heterocycles. The number of halogens is 1. The van der Waals surface area contributed by atoms with Crippen molar-refractivity contribution in [1.29, 1.82) is 0 Å². The molecule has 0 aliphatic carbocycles. The maximum Gasteiger partial charge on any atom is 0.0361 e. The fourth-order valence-electron chi connectivity index (χ4n) is 0.897. The van der Waals surface area contributed by atoms with E-state index in [2.05, 4.69) is 11.3 Å². The van der Waals surface area contributed by atoms with Gasteiger partial charge in [-0.15, -0.1) is 0 Å². The van der Waals surface area contributed by atoms with E-state index in [4.69, 9.17) is 11.6 Å². The minimum Gasteiger partial charge on any atom is -0.378 e. The summed E-state index contributed by atoms with van der Waals surface area (Å²) in [7, 11) is 4.00. The van der Waals surface area contributed by atoms with Crippen LogP contribution in [0.4, 0.5) is 5.69 Å². The summed E-state index contributed by atoms with van der Waals surface area (Å²) in [6, 6.07) is 7.92. The van der Waals surface area contributed by atoms with E-state index in [1.807, 2.05) is 43.3 Å². The second-order valence-electron chi connectivity index (χ2n) is 2.66. The van der Waals surface area contributed by atoms with E-state index in [1.54, 1.807) is 0 Å². The number of hydrogen-bond acceptors (Lipinski definition) is 1. The van der Waals surface area contributed by atoms with Gasteiger partial charge in [-0.25, -0.2) is 0 Å². The summed E-state index contributed by atoms with van der Waals surface area (Å²) in [4.78, 5) is 2.04. The SMILES string of the molecule is CN(C)c1ccc(C#CCl)cc1. The van der Waals surface area contributed by atoms with Gasteiger partial charge in [-0.05, 0) is 41.8 Å². The number of benzene rings is 1. The quantitative estimate of drug-likeness (QED) is 0.598. The molecule has 0 N–H and O–H groups in total. The first-order chi connectivity index (χ1) is 5.74. The molecule has 0 atom stereocenters. The van der Waals surface area contributed by atoms with Gasteiger partial charge in [0.2, 0.25) is 0 Å². The van der Waals surface area contributed by atoms with Crippen molar-refractivity contribution in [2.45, 2.75) is 0 Å². The number of hydrogen-bond donors (Lipinski definition) is 0. The van der Waals surface area contributed by atoms with Crippen LogP contribution in [0.15, 0.2) is 24.3 Å². The fraction of sp³-hybridized carbons (Fsp3) is 0.200. The van der Waals surface area contributed by atoms with E-state index in [0.29, 0.717) is 0 Å². The Hall–Kier alpha value is -1.13. The summed E-state index contributed by atoms with van der Waals surface area (Å²) in [6.45, 7) is 0. The standard InChI is InChI=1S/C10H10ClN/c1-12(2)10-5-3-9(4-6-10)7-8-11/h3-6H,1-2H3. The first-order valence-corrected chi connectivity index (χ1v) is 4.01. The van der Waals surface area contributed by atoms with Crippen molar-refractivity contribution < 1.29 is 0 Å². The van der Waals surface area contributed by atoms with E-state index in [1.165, 1.54) is 0 Å². The van der Waals surface area contributed by atoms with Crippen LogP contribution < -0.4 is 4.90 Å². The lowest BCUT2D eigenvalue weighted by molar-refractivity contribution is 1.13. The minimum absolute atomic E-state index is 0.940. The van der Waals surface area contributed by atoms with Gasteiger partial charge in [0.25, 0.3) is 0 Å². The van der Waals surface area contributed by atoms with Crippen molar-refractivity contribution in [3.8, 4) is 11.3 Å². The van der Waals surface area contributed by atoms with Crippen molar-refractivity contribution in [1.82, 2.24) is 0 Å². The molecule has 0 unspecified atom stereocenters. The molecule has 2 heteroatoms. The van der Waals surface area contributed by atoms with Gasteiger partial charge in [0.1, 0.15) is 0 Å². The number of rotatable bonds is 1. The van der Waals surface area contributed by atoms with Crippen molar-refractivity contribution in [2.75, 3.05) is 19.0 Å². The highest BCUT2D eigenvalue weighted by molar-refractivity contribution is 6.30. The third-order valence-corrected chi connectivity index (χ3v) is 1.67. The fourth-order valence-corrected chi connectivity index (χ4v) is 1.01. The maximum atomic E-state index is 5.27. The molecule has 0 saturated carbocycles. The molecule has 0 bridgehead atoms. The Morgan fingerprint density at radius 1 is 1.17 bits per heavy atom. The van der Waals surface area contributed by atoms with Crippen LogP contribution in [-0.4, -0.2) is 14.1 Å². The Morgan fingerprint density at radius 2 is 1.75 bits per heavy atom. The maximum absolute atomic E-state index is 5.27. The highest BCUT2D eigenvalue weighted by atomic mass is 35.5. The van der Waals surface area contributed by atoms with Gasteiger partial charge in [0, 0.05) is 30.7 Å². The Labute approximate surface area is 78.0 Å². The summed E-state index contributed by atoms with van der Waals surface area (Å²) in [5, 5.41) is 2.34. The lowest BCUT2D eigenvalue weighted by Gasteiger charge is -2.11. The normalized spacial score (nSPS) is 8.58. The smallest absolute Gasteiger partial charge is 0.0361 e. The molecule has 0 spiro atoms. The molecule has 0 aliphatic rings. The molecule has 0 saturated heterocycles. The average Bonchev–Trinajstić information content (AvgIpc) is 2.06. The molecular weight excluding hydrogens is 170 g/mol. The van der Waals surface area contributed by atoms with Crippen LogP contribution >= 0.6 is 11.6 Å². The molecule has 62 valence electrons. The Bertz CT molecular complexity index is 303. The predicted octanol–water partition coefficient (Wildman–Crippen LogP) is 2.30. The average molecular weight is 180 g/mol. The molecule has 1 aromatic rings. The third-order valence-electron chi connectivity index (χ3n) is 1.58. The van der Waals surface area contributed by atoms with Gasteiger partial charge < -0.3 is 4.90 Å². The van der Waals surface area contributed by atoms with Crippen molar-refractivity contribution >= 4 is 17.3 Å². The zero-order chi connectivity index (χ0) is 8.97. The zero-order valence-corrected chi connectivity index (χ0v) is 7.89. The summed E-state index contributed by atoms with van der Waals surface area (Å²) >= 11 is 5.27. The van der Waals surface area contributed by atoms with Crippen molar-refractivity contribution in [2.24, 2.45) is 0 Å². The predicted molar refractivity (Wildman–Crippen MR) is 53.5 cm³/mol. The number of nitrogens with zero attached hydrogens (tertiary/aromatic N) is 1. The molecule has 1 nitrogen and oxygen atoms in total. The van der Waals surface area contributed by atoms with E-state index in [0.717, 1.165) is 11.3 Å². The van der Waals surface area contributed by atoms with Crippen LogP contribution in [-0.2, 0) is 0 Å². The summed E-state index contributed by atoms with van der Waals surface area (Å²) in [5.41, 5.74) is 2.10. The Kier molecular flexibility index (Phi) is 3.01. The first-order valence-electron chi connectivity index (χ1n) is 3.63. The van der Waals surface area contributed by atoms with E-state index < -0.39 is 0 Å². The molecule has 1 aromatic carbocycles. The number of anilines is 1. The van der Waals surface area contributed by atoms with Crippen molar-refractivity contribution in [3.05, 3.63) is 29.8 Å². The van der Waals surface area contributed by atoms with Crippen LogP contribution in [0, 0.1) is 11.3 Å². The monoisotopic (exact) mass is 179 g/mol. The molecule has 0 radical (unpaired) electrons. The molecule has 0 amide bonds. The van der Waals surface area contributed by atoms with Crippen LogP contribution in [0.5, 0.6) is 0 Å². The molecular formula is C10H10ClN. The third kappa shape index (κ3) is 2.18. The van der Waals surface area contributed by atoms with Crippen LogP contribution in [0.25, 0.3) is 0 Å². The van der Waals surface area contributed by atoms with Crippen molar-refractivity contribution in [3.63, 3.8) is 0 Å². The topological polar surface area (TPSA) is 3.24 Å². The zero-order valence-electron chi connectivity index (χ0n) is 7.13. The molecule has 0 aromatic heterocycles. The first kappa shape index (κ1) is 8.96. The Morgan fingerprint density at radius 3 is 2.17 bits per heavy atom. The van der Waals surface area contributed by atoms with E-state index in [-0.39, 0.29) is 0 Å². The minimum atomic E-state index is 0.940. The highest BCUT2D eigenvalue weighted by Gasteiger charge is 1.92. The van der Waals surface area contributed by atoms with Gasteiger partial charge in [-0.3, -0.25) is 0 Å². The largest absolute Gasteiger partial charge is 0.378 e. The van der Waals surface area contributed by atoms with Crippen LogP contribution in [0.3, 0.4) is 0 Å².